The second-order valence-electron chi connectivity index (χ2n) is 3.09. The second kappa shape index (κ2) is 4.23. The van der Waals surface area contributed by atoms with Gasteiger partial charge in [-0.15, -0.1) is 0 Å². The van der Waals surface area contributed by atoms with E-state index in [0.29, 0.717) is 0 Å². The summed E-state index contributed by atoms with van der Waals surface area (Å²) in [6.45, 7) is 1.13. The highest BCUT2D eigenvalue weighted by Crippen LogP contribution is 2.00. The molecule has 0 amide bonds. The van der Waals surface area contributed by atoms with Crippen LogP contribution in [0.3, 0.4) is 0 Å². The number of carbonyl (C=O) groups is 3. The van der Waals surface area contributed by atoms with Gasteiger partial charge < -0.3 is 14.1 Å². The van der Waals surface area contributed by atoms with Gasteiger partial charge in [0.15, 0.2) is 5.68 Å². The Balaban J connectivity index is 2.70. The molecule has 0 bridgehead atoms. The molecule has 1 aliphatic rings. The fraction of sp³-hybridized carbons (Fsp3) is 0.571. The summed E-state index contributed by atoms with van der Waals surface area (Å²) < 4.78 is 9.24. The van der Waals surface area contributed by atoms with Crippen molar-refractivity contribution in [2.24, 2.45) is 0 Å². The van der Waals surface area contributed by atoms with Crippen molar-refractivity contribution < 1.29 is 23.7 Å². The van der Waals surface area contributed by atoms with Crippen LogP contribution in [-0.4, -0.2) is 49.8 Å². The summed E-state index contributed by atoms with van der Waals surface area (Å²) in [7, 11) is 0.195. The minimum absolute atomic E-state index is 0.0289. The van der Waals surface area contributed by atoms with Gasteiger partial charge in [-0.25, -0.2) is 0 Å². The van der Waals surface area contributed by atoms with Crippen molar-refractivity contribution in [1.29, 1.82) is 0 Å². The fourth-order valence-electron chi connectivity index (χ4n) is 1.00. The van der Waals surface area contributed by atoms with E-state index < -0.39 is 24.7 Å². The van der Waals surface area contributed by atoms with E-state index in [4.69, 9.17) is 0 Å². The largest absolute Gasteiger partial charge is 0.674 e. The highest BCUT2D eigenvalue weighted by atomic mass is 16.6. The summed E-state index contributed by atoms with van der Waals surface area (Å²) in [6.07, 6.45) is 0. The molecule has 1 saturated heterocycles. The van der Waals surface area contributed by atoms with Crippen LogP contribution in [0.5, 0.6) is 0 Å². The zero-order valence-electron chi connectivity index (χ0n) is 7.98. The van der Waals surface area contributed by atoms with E-state index in [1.807, 2.05) is 0 Å². The molecule has 14 heavy (non-hydrogen) atoms. The van der Waals surface area contributed by atoms with Gasteiger partial charge in [0, 0.05) is 0 Å². The van der Waals surface area contributed by atoms with E-state index in [1.165, 1.54) is 11.8 Å². The normalized spacial score (nSPS) is 19.4. The molecule has 0 aliphatic carbocycles. The maximum Gasteiger partial charge on any atom is 0.674 e. The number of hydrogen-bond donors (Lipinski definition) is 0. The molecule has 76 valence electrons. The van der Waals surface area contributed by atoms with Crippen molar-refractivity contribution in [3.8, 4) is 0 Å². The van der Waals surface area contributed by atoms with Gasteiger partial charge >= 0.3 is 19.1 Å². The van der Waals surface area contributed by atoms with Crippen molar-refractivity contribution in [2.75, 3.05) is 20.1 Å². The van der Waals surface area contributed by atoms with Crippen molar-refractivity contribution in [1.82, 2.24) is 4.90 Å². The Hall–Kier alpha value is -1.37. The zero-order chi connectivity index (χ0) is 10.7. The van der Waals surface area contributed by atoms with E-state index in [-0.39, 0.29) is 13.1 Å². The Morgan fingerprint density at radius 1 is 1.29 bits per heavy atom. The highest BCUT2D eigenvalue weighted by Gasteiger charge is 2.36. The minimum Gasteiger partial charge on any atom is -0.493 e. The molecular weight excluding hydrogens is 189 g/mol. The van der Waals surface area contributed by atoms with Crippen LogP contribution in [0, 0.1) is 0 Å². The summed E-state index contributed by atoms with van der Waals surface area (Å²) in [6, 6.07) is 0. The van der Waals surface area contributed by atoms with Gasteiger partial charge in [0.1, 0.15) is 0 Å². The average molecular weight is 199 g/mol. The lowest BCUT2D eigenvalue weighted by molar-refractivity contribution is -0.147. The number of hydrogen-bond acceptors (Lipinski definition) is 6. The molecule has 0 N–H and O–H groups in total. The SMILES string of the molecule is CC(=O)B1OC(=O)CN(C)CC(=O)O1. The van der Waals surface area contributed by atoms with Crippen LogP contribution in [0.2, 0.25) is 0 Å². The third kappa shape index (κ3) is 2.84. The standard InChI is InChI=1S/C7H10BNO5/c1-5(10)8-13-6(11)3-9(2)4-7(12)14-8/h3-4H2,1-2H3. The van der Waals surface area contributed by atoms with Gasteiger partial charge in [-0.2, -0.15) is 0 Å². The molecule has 1 aliphatic heterocycles. The number of nitrogens with zero attached hydrogens (tertiary/aromatic N) is 1. The van der Waals surface area contributed by atoms with E-state index >= 15 is 0 Å². The first-order chi connectivity index (χ1) is 6.49. The van der Waals surface area contributed by atoms with Crippen LogP contribution in [0.25, 0.3) is 0 Å². The molecule has 7 heteroatoms. The first kappa shape index (κ1) is 10.7. The molecule has 0 atom stereocenters. The van der Waals surface area contributed by atoms with Crippen molar-refractivity contribution in [2.45, 2.75) is 6.92 Å². The molecule has 0 aromatic rings. The molecular formula is C7H10BNO5. The van der Waals surface area contributed by atoms with Crippen molar-refractivity contribution in [3.63, 3.8) is 0 Å². The third-order valence-electron chi connectivity index (χ3n) is 1.61. The number of rotatable bonds is 1. The molecule has 0 aromatic heterocycles. The smallest absolute Gasteiger partial charge is 0.493 e. The summed E-state index contributed by atoms with van der Waals surface area (Å²) in [5.74, 6) is -1.17. The van der Waals surface area contributed by atoms with Crippen molar-refractivity contribution >= 4 is 24.7 Å². The van der Waals surface area contributed by atoms with E-state index in [1.54, 1.807) is 7.05 Å². The first-order valence-corrected chi connectivity index (χ1v) is 4.07. The lowest BCUT2D eigenvalue weighted by Gasteiger charge is -2.21. The van der Waals surface area contributed by atoms with Gasteiger partial charge in [0.2, 0.25) is 0 Å². The molecule has 0 unspecified atom stereocenters. The fourth-order valence-corrected chi connectivity index (χ4v) is 1.00. The maximum atomic E-state index is 11.1. The topological polar surface area (TPSA) is 72.9 Å². The number of likely N-dealkylation sites (N-methyl/N-ethyl adjacent to an activating group) is 1. The molecule has 0 aromatic carbocycles. The van der Waals surface area contributed by atoms with Gasteiger partial charge in [-0.05, 0) is 14.0 Å². The molecule has 6 nitrogen and oxygen atoms in total. The Morgan fingerprint density at radius 2 is 1.71 bits per heavy atom. The molecule has 1 heterocycles. The van der Waals surface area contributed by atoms with Crippen LogP contribution < -0.4 is 0 Å². The zero-order valence-corrected chi connectivity index (χ0v) is 7.98. The molecule has 0 radical (unpaired) electrons. The van der Waals surface area contributed by atoms with E-state index in [0.717, 1.165) is 0 Å². The Labute approximate surface area is 81.3 Å². The maximum absolute atomic E-state index is 11.1. The average Bonchev–Trinajstić information content (AvgIpc) is 1.99. The Kier molecular flexibility index (Phi) is 3.24. The van der Waals surface area contributed by atoms with E-state index in [9.17, 15) is 14.4 Å². The quantitative estimate of drug-likeness (QED) is 0.485. The minimum atomic E-state index is -1.39. The van der Waals surface area contributed by atoms with Crippen LogP contribution in [0.15, 0.2) is 0 Å². The monoisotopic (exact) mass is 199 g/mol. The highest BCUT2D eigenvalue weighted by molar-refractivity contribution is 6.82. The van der Waals surface area contributed by atoms with Crippen molar-refractivity contribution in [3.05, 3.63) is 0 Å². The van der Waals surface area contributed by atoms with Crippen LogP contribution in [-0.2, 0) is 23.7 Å². The predicted octanol–water partition coefficient (Wildman–Crippen LogP) is -1.37. The molecule has 0 saturated carbocycles. The van der Waals surface area contributed by atoms with Crippen LogP contribution >= 0.6 is 0 Å². The van der Waals surface area contributed by atoms with Gasteiger partial charge in [0.05, 0.1) is 13.1 Å². The lowest BCUT2D eigenvalue weighted by atomic mass is 9.84. The van der Waals surface area contributed by atoms with Gasteiger partial charge in [-0.1, -0.05) is 0 Å². The number of carbonyl (C=O) groups excluding carboxylic acids is 3. The third-order valence-corrected chi connectivity index (χ3v) is 1.61. The first-order valence-electron chi connectivity index (χ1n) is 4.07. The van der Waals surface area contributed by atoms with Crippen LogP contribution in [0.1, 0.15) is 6.92 Å². The Morgan fingerprint density at radius 3 is 2.07 bits per heavy atom. The van der Waals surface area contributed by atoms with Gasteiger partial charge in [-0.3, -0.25) is 14.5 Å². The van der Waals surface area contributed by atoms with Gasteiger partial charge in [0.25, 0.3) is 0 Å². The summed E-state index contributed by atoms with van der Waals surface area (Å²) in [4.78, 5) is 34.4. The molecule has 1 rings (SSSR count). The summed E-state index contributed by atoms with van der Waals surface area (Å²) >= 11 is 0. The van der Waals surface area contributed by atoms with Crippen LogP contribution in [0.4, 0.5) is 0 Å². The summed E-state index contributed by atoms with van der Waals surface area (Å²) in [5, 5.41) is 0. The molecule has 1 fully saturated rings. The predicted molar refractivity (Wildman–Crippen MR) is 46.1 cm³/mol. The summed E-state index contributed by atoms with van der Waals surface area (Å²) in [5.41, 5.74) is -0.503. The molecule has 0 spiro atoms. The second-order valence-corrected chi connectivity index (χ2v) is 3.09. The van der Waals surface area contributed by atoms with E-state index in [2.05, 4.69) is 9.31 Å². The lowest BCUT2D eigenvalue weighted by Crippen LogP contribution is -2.45. The Bertz CT molecular complexity index is 259.